The van der Waals surface area contributed by atoms with Crippen molar-refractivity contribution in [1.29, 1.82) is 0 Å². The highest BCUT2D eigenvalue weighted by molar-refractivity contribution is 7.99. The fourth-order valence-corrected chi connectivity index (χ4v) is 3.36. The van der Waals surface area contributed by atoms with E-state index >= 15 is 0 Å². The second kappa shape index (κ2) is 5.62. The van der Waals surface area contributed by atoms with Gasteiger partial charge in [-0.25, -0.2) is 0 Å². The number of rotatable bonds is 3. The van der Waals surface area contributed by atoms with Crippen LogP contribution in [-0.4, -0.2) is 17.5 Å². The molecule has 0 saturated carbocycles. The first-order valence-electron chi connectivity index (χ1n) is 6.24. The molecule has 1 aromatic carbocycles. The first-order chi connectivity index (χ1) is 7.81. The number of aryl methyl sites for hydroxylation is 2. The van der Waals surface area contributed by atoms with Crippen LogP contribution in [0.25, 0.3) is 0 Å². The van der Waals surface area contributed by atoms with E-state index in [9.17, 15) is 0 Å². The summed E-state index contributed by atoms with van der Waals surface area (Å²) in [4.78, 5) is 0. The van der Waals surface area contributed by atoms with E-state index in [0.717, 1.165) is 6.42 Å². The van der Waals surface area contributed by atoms with E-state index in [-0.39, 0.29) is 0 Å². The third-order valence-electron chi connectivity index (χ3n) is 3.25. The summed E-state index contributed by atoms with van der Waals surface area (Å²) >= 11 is 2.08. The van der Waals surface area contributed by atoms with Crippen molar-refractivity contribution in [2.75, 3.05) is 16.8 Å². The molecule has 2 rings (SSSR count). The van der Waals surface area contributed by atoms with Crippen molar-refractivity contribution in [2.45, 2.75) is 39.2 Å². The fourth-order valence-electron chi connectivity index (χ4n) is 2.29. The van der Waals surface area contributed by atoms with Crippen LogP contribution in [0.3, 0.4) is 0 Å². The molecule has 1 N–H and O–H groups in total. The van der Waals surface area contributed by atoms with Crippen LogP contribution >= 0.6 is 11.8 Å². The van der Waals surface area contributed by atoms with Crippen molar-refractivity contribution in [1.82, 2.24) is 0 Å². The van der Waals surface area contributed by atoms with Gasteiger partial charge in [-0.2, -0.15) is 11.8 Å². The Balaban J connectivity index is 2.12. The molecule has 1 unspecified atom stereocenters. The molecule has 0 aromatic heterocycles. The minimum Gasteiger partial charge on any atom is -0.381 e. The van der Waals surface area contributed by atoms with E-state index in [2.05, 4.69) is 49.1 Å². The van der Waals surface area contributed by atoms with Crippen molar-refractivity contribution in [3.8, 4) is 0 Å². The summed E-state index contributed by atoms with van der Waals surface area (Å²) in [5.74, 6) is 2.60. The van der Waals surface area contributed by atoms with Gasteiger partial charge in [0.15, 0.2) is 0 Å². The highest BCUT2D eigenvalue weighted by Gasteiger charge is 2.15. The minimum absolute atomic E-state index is 0.671. The first kappa shape index (κ1) is 11.8. The minimum atomic E-state index is 0.671. The zero-order chi connectivity index (χ0) is 11.4. The second-order valence-corrected chi connectivity index (χ2v) is 5.67. The standard InChI is InChI=1S/C14H21NS/c1-3-12-7-4-6-11(2)14(12)15-13-8-5-9-16-10-13/h4,6-7,13,15H,3,5,8-10H2,1-2H3. The Morgan fingerprint density at radius 1 is 1.44 bits per heavy atom. The van der Waals surface area contributed by atoms with Crippen molar-refractivity contribution in [2.24, 2.45) is 0 Å². The average molecular weight is 235 g/mol. The summed E-state index contributed by atoms with van der Waals surface area (Å²) in [6, 6.07) is 7.28. The van der Waals surface area contributed by atoms with Gasteiger partial charge in [-0.1, -0.05) is 25.1 Å². The van der Waals surface area contributed by atoms with Crippen LogP contribution in [0.1, 0.15) is 30.9 Å². The van der Waals surface area contributed by atoms with Gasteiger partial charge in [0.1, 0.15) is 0 Å². The summed E-state index contributed by atoms with van der Waals surface area (Å²) < 4.78 is 0. The lowest BCUT2D eigenvalue weighted by atomic mass is 10.0. The third-order valence-corrected chi connectivity index (χ3v) is 4.46. The average Bonchev–Trinajstić information content (AvgIpc) is 2.33. The third kappa shape index (κ3) is 2.73. The summed E-state index contributed by atoms with van der Waals surface area (Å²) in [5.41, 5.74) is 4.22. The topological polar surface area (TPSA) is 12.0 Å². The molecular formula is C14H21NS. The van der Waals surface area contributed by atoms with Gasteiger partial charge < -0.3 is 5.32 Å². The van der Waals surface area contributed by atoms with Gasteiger partial charge in [-0.15, -0.1) is 0 Å². The summed E-state index contributed by atoms with van der Waals surface area (Å²) in [5, 5.41) is 3.75. The predicted molar refractivity (Wildman–Crippen MR) is 74.5 cm³/mol. The molecule has 0 amide bonds. The van der Waals surface area contributed by atoms with Gasteiger partial charge in [0.05, 0.1) is 0 Å². The van der Waals surface area contributed by atoms with Crippen LogP contribution in [0.4, 0.5) is 5.69 Å². The Morgan fingerprint density at radius 2 is 2.31 bits per heavy atom. The van der Waals surface area contributed by atoms with Crippen molar-refractivity contribution in [3.05, 3.63) is 29.3 Å². The quantitative estimate of drug-likeness (QED) is 0.853. The highest BCUT2D eigenvalue weighted by Crippen LogP contribution is 2.26. The Kier molecular flexibility index (Phi) is 4.16. The number of hydrogen-bond acceptors (Lipinski definition) is 2. The largest absolute Gasteiger partial charge is 0.381 e. The van der Waals surface area contributed by atoms with E-state index in [1.54, 1.807) is 0 Å². The van der Waals surface area contributed by atoms with Crippen LogP contribution < -0.4 is 5.32 Å². The van der Waals surface area contributed by atoms with Crippen molar-refractivity contribution >= 4 is 17.4 Å². The van der Waals surface area contributed by atoms with E-state index in [1.165, 1.54) is 41.2 Å². The fraction of sp³-hybridized carbons (Fsp3) is 0.571. The Hall–Kier alpha value is -0.630. The zero-order valence-electron chi connectivity index (χ0n) is 10.3. The van der Waals surface area contributed by atoms with Crippen LogP contribution in [-0.2, 0) is 6.42 Å². The van der Waals surface area contributed by atoms with Crippen molar-refractivity contribution < 1.29 is 0 Å². The molecule has 1 heterocycles. The molecule has 1 aliphatic heterocycles. The molecule has 0 radical (unpaired) electrons. The predicted octanol–water partition coefficient (Wildman–Crippen LogP) is 3.86. The molecule has 88 valence electrons. The first-order valence-corrected chi connectivity index (χ1v) is 7.39. The molecule has 1 aromatic rings. The van der Waals surface area contributed by atoms with Gasteiger partial charge in [0.25, 0.3) is 0 Å². The molecule has 2 heteroatoms. The number of nitrogens with one attached hydrogen (secondary N) is 1. The molecule has 1 aliphatic rings. The van der Waals surface area contributed by atoms with Gasteiger partial charge in [0.2, 0.25) is 0 Å². The summed E-state index contributed by atoms with van der Waals surface area (Å²) in [6.45, 7) is 4.44. The van der Waals surface area contributed by atoms with Gasteiger partial charge in [-0.05, 0) is 43.1 Å². The molecule has 1 nitrogen and oxygen atoms in total. The normalized spacial score (nSPS) is 20.8. The van der Waals surface area contributed by atoms with E-state index in [1.807, 2.05) is 0 Å². The lowest BCUT2D eigenvalue weighted by molar-refractivity contribution is 0.683. The zero-order valence-corrected chi connectivity index (χ0v) is 11.1. The van der Waals surface area contributed by atoms with Crippen LogP contribution in [0.5, 0.6) is 0 Å². The molecule has 0 bridgehead atoms. The van der Waals surface area contributed by atoms with E-state index in [0.29, 0.717) is 6.04 Å². The van der Waals surface area contributed by atoms with Gasteiger partial charge in [-0.3, -0.25) is 0 Å². The molecular weight excluding hydrogens is 214 g/mol. The highest BCUT2D eigenvalue weighted by atomic mass is 32.2. The molecule has 1 atom stereocenters. The SMILES string of the molecule is CCc1cccc(C)c1NC1CCCSC1. The monoisotopic (exact) mass is 235 g/mol. The molecule has 0 spiro atoms. The van der Waals surface area contributed by atoms with Gasteiger partial charge >= 0.3 is 0 Å². The maximum absolute atomic E-state index is 3.75. The maximum Gasteiger partial charge on any atom is 0.0404 e. The van der Waals surface area contributed by atoms with Crippen LogP contribution in [0, 0.1) is 6.92 Å². The molecule has 1 fully saturated rings. The smallest absolute Gasteiger partial charge is 0.0404 e. The molecule has 0 aliphatic carbocycles. The Bertz CT molecular complexity index is 343. The number of hydrogen-bond donors (Lipinski definition) is 1. The summed E-state index contributed by atoms with van der Waals surface area (Å²) in [6.07, 6.45) is 3.80. The van der Waals surface area contributed by atoms with Crippen molar-refractivity contribution in [3.63, 3.8) is 0 Å². The molecule has 16 heavy (non-hydrogen) atoms. The van der Waals surface area contributed by atoms with Crippen LogP contribution in [0.2, 0.25) is 0 Å². The second-order valence-electron chi connectivity index (χ2n) is 4.52. The van der Waals surface area contributed by atoms with E-state index < -0.39 is 0 Å². The molecule has 1 saturated heterocycles. The number of benzene rings is 1. The van der Waals surface area contributed by atoms with Gasteiger partial charge in [0, 0.05) is 17.5 Å². The summed E-state index contributed by atoms with van der Waals surface area (Å²) in [7, 11) is 0. The maximum atomic E-state index is 3.75. The number of anilines is 1. The number of thioether (sulfide) groups is 1. The number of para-hydroxylation sites is 1. The van der Waals surface area contributed by atoms with E-state index in [4.69, 9.17) is 0 Å². The Morgan fingerprint density at radius 3 is 3.00 bits per heavy atom. The lowest BCUT2D eigenvalue weighted by Gasteiger charge is -2.25. The van der Waals surface area contributed by atoms with Crippen LogP contribution in [0.15, 0.2) is 18.2 Å². The lowest BCUT2D eigenvalue weighted by Crippen LogP contribution is -2.26. The Labute approximate surface area is 103 Å².